The SMILES string of the molecule is COCCN(Cc1csc(COc2cccc(C)c2)n1)C(=O)CC(C)C. The molecule has 1 aromatic carbocycles. The van der Waals surface area contributed by atoms with Crippen LogP contribution in [0.2, 0.25) is 0 Å². The molecule has 26 heavy (non-hydrogen) atoms. The Morgan fingerprint density at radius 3 is 2.85 bits per heavy atom. The van der Waals surface area contributed by atoms with E-state index in [2.05, 4.69) is 18.8 Å². The fourth-order valence-corrected chi connectivity index (χ4v) is 3.20. The van der Waals surface area contributed by atoms with E-state index in [-0.39, 0.29) is 5.91 Å². The van der Waals surface area contributed by atoms with Gasteiger partial charge < -0.3 is 14.4 Å². The van der Waals surface area contributed by atoms with E-state index >= 15 is 0 Å². The van der Waals surface area contributed by atoms with Crippen molar-refractivity contribution in [3.63, 3.8) is 0 Å². The minimum absolute atomic E-state index is 0.141. The highest BCUT2D eigenvalue weighted by molar-refractivity contribution is 7.09. The molecule has 0 saturated heterocycles. The van der Waals surface area contributed by atoms with Crippen LogP contribution in [0.1, 0.15) is 36.5 Å². The molecule has 0 atom stereocenters. The quantitative estimate of drug-likeness (QED) is 0.628. The first-order valence-electron chi connectivity index (χ1n) is 8.87. The van der Waals surface area contributed by atoms with Crippen LogP contribution in [0.5, 0.6) is 5.75 Å². The molecule has 1 heterocycles. The third-order valence-electron chi connectivity index (χ3n) is 3.80. The zero-order chi connectivity index (χ0) is 18.9. The van der Waals surface area contributed by atoms with E-state index in [4.69, 9.17) is 9.47 Å². The van der Waals surface area contributed by atoms with Gasteiger partial charge in [-0.2, -0.15) is 0 Å². The Labute approximate surface area is 160 Å². The summed E-state index contributed by atoms with van der Waals surface area (Å²) in [6, 6.07) is 7.97. The minimum atomic E-state index is 0.141. The monoisotopic (exact) mass is 376 g/mol. The Morgan fingerprint density at radius 2 is 2.15 bits per heavy atom. The first kappa shape index (κ1) is 20.4. The lowest BCUT2D eigenvalue weighted by Crippen LogP contribution is -2.34. The predicted molar refractivity (Wildman–Crippen MR) is 104 cm³/mol. The molecule has 0 saturated carbocycles. The number of nitrogens with zero attached hydrogens (tertiary/aromatic N) is 2. The second-order valence-corrected chi connectivity index (χ2v) is 7.69. The van der Waals surface area contributed by atoms with Crippen molar-refractivity contribution in [1.29, 1.82) is 0 Å². The van der Waals surface area contributed by atoms with E-state index in [1.165, 1.54) is 5.56 Å². The number of benzene rings is 1. The zero-order valence-electron chi connectivity index (χ0n) is 16.0. The number of aryl methyl sites for hydroxylation is 1. The maximum absolute atomic E-state index is 12.4. The molecule has 6 heteroatoms. The maximum atomic E-state index is 12.4. The Morgan fingerprint density at radius 1 is 1.35 bits per heavy atom. The fraction of sp³-hybridized carbons (Fsp3) is 0.500. The van der Waals surface area contributed by atoms with E-state index < -0.39 is 0 Å². The molecule has 0 N–H and O–H groups in total. The average Bonchev–Trinajstić information content (AvgIpc) is 3.03. The van der Waals surface area contributed by atoms with Crippen LogP contribution >= 0.6 is 11.3 Å². The number of carbonyl (C=O) groups excluding carboxylic acids is 1. The van der Waals surface area contributed by atoms with Gasteiger partial charge >= 0.3 is 0 Å². The molecule has 0 aliphatic rings. The summed E-state index contributed by atoms with van der Waals surface area (Å²) in [6.07, 6.45) is 0.539. The second-order valence-electron chi connectivity index (χ2n) is 6.74. The van der Waals surface area contributed by atoms with Crippen molar-refractivity contribution in [3.05, 3.63) is 45.9 Å². The number of rotatable bonds is 10. The van der Waals surface area contributed by atoms with E-state index in [9.17, 15) is 4.79 Å². The Hall–Kier alpha value is -1.92. The van der Waals surface area contributed by atoms with Gasteiger partial charge in [-0.3, -0.25) is 4.79 Å². The number of ether oxygens (including phenoxy) is 2. The molecular weight excluding hydrogens is 348 g/mol. The van der Waals surface area contributed by atoms with E-state index in [1.54, 1.807) is 18.4 Å². The van der Waals surface area contributed by atoms with Gasteiger partial charge in [-0.15, -0.1) is 11.3 Å². The Balaban J connectivity index is 1.94. The van der Waals surface area contributed by atoms with Crippen LogP contribution in [-0.2, 0) is 22.7 Å². The largest absolute Gasteiger partial charge is 0.486 e. The first-order chi connectivity index (χ1) is 12.5. The molecular formula is C20H28N2O3S. The maximum Gasteiger partial charge on any atom is 0.223 e. The molecule has 1 aromatic heterocycles. The van der Waals surface area contributed by atoms with Gasteiger partial charge in [0.15, 0.2) is 0 Å². The second kappa shape index (κ2) is 10.3. The molecule has 0 unspecified atom stereocenters. The van der Waals surface area contributed by atoms with Gasteiger partial charge in [-0.05, 0) is 30.5 Å². The third kappa shape index (κ3) is 6.77. The lowest BCUT2D eigenvalue weighted by molar-refractivity contribution is -0.133. The van der Waals surface area contributed by atoms with Gasteiger partial charge in [-0.25, -0.2) is 4.98 Å². The summed E-state index contributed by atoms with van der Waals surface area (Å²) in [5, 5.41) is 2.90. The molecule has 2 aromatic rings. The molecule has 142 valence electrons. The standard InChI is InChI=1S/C20H28N2O3S/c1-15(2)10-20(23)22(8-9-24-4)12-17-14-26-19(21-17)13-25-18-7-5-6-16(3)11-18/h5-7,11,14-15H,8-10,12-13H2,1-4H3. The molecule has 0 spiro atoms. The first-order valence-corrected chi connectivity index (χ1v) is 9.75. The Bertz CT molecular complexity index is 700. The van der Waals surface area contributed by atoms with Gasteiger partial charge in [0.05, 0.1) is 18.8 Å². The lowest BCUT2D eigenvalue weighted by Gasteiger charge is -2.22. The summed E-state index contributed by atoms with van der Waals surface area (Å²) in [5.74, 6) is 1.32. The van der Waals surface area contributed by atoms with Crippen LogP contribution in [0, 0.1) is 12.8 Å². The van der Waals surface area contributed by atoms with E-state index in [1.807, 2.05) is 41.5 Å². The van der Waals surface area contributed by atoms with Crippen LogP contribution in [0.25, 0.3) is 0 Å². The smallest absolute Gasteiger partial charge is 0.223 e. The van der Waals surface area contributed by atoms with Crippen LogP contribution in [0.4, 0.5) is 0 Å². The van der Waals surface area contributed by atoms with Gasteiger partial charge in [-0.1, -0.05) is 26.0 Å². The number of hydrogen-bond acceptors (Lipinski definition) is 5. The Kier molecular flexibility index (Phi) is 8.06. The van der Waals surface area contributed by atoms with Crippen LogP contribution in [0.15, 0.2) is 29.6 Å². The van der Waals surface area contributed by atoms with Crippen molar-refractivity contribution < 1.29 is 14.3 Å². The van der Waals surface area contributed by atoms with Crippen LogP contribution in [0.3, 0.4) is 0 Å². The molecule has 5 nitrogen and oxygen atoms in total. The highest BCUT2D eigenvalue weighted by Crippen LogP contribution is 2.18. The molecule has 0 radical (unpaired) electrons. The molecule has 2 rings (SSSR count). The number of aromatic nitrogens is 1. The van der Waals surface area contributed by atoms with E-state index in [0.29, 0.717) is 38.6 Å². The fourth-order valence-electron chi connectivity index (χ4n) is 2.51. The molecule has 0 fully saturated rings. The summed E-state index contributed by atoms with van der Waals surface area (Å²) in [7, 11) is 1.65. The van der Waals surface area contributed by atoms with Crippen molar-refractivity contribution in [2.45, 2.75) is 40.3 Å². The van der Waals surface area contributed by atoms with Gasteiger partial charge in [0, 0.05) is 25.5 Å². The number of hydrogen-bond donors (Lipinski definition) is 0. The van der Waals surface area contributed by atoms with Gasteiger partial charge in [0.25, 0.3) is 0 Å². The third-order valence-corrected chi connectivity index (χ3v) is 4.68. The van der Waals surface area contributed by atoms with Gasteiger partial charge in [0.1, 0.15) is 17.4 Å². The minimum Gasteiger partial charge on any atom is -0.486 e. The van der Waals surface area contributed by atoms with Crippen molar-refractivity contribution in [1.82, 2.24) is 9.88 Å². The summed E-state index contributed by atoms with van der Waals surface area (Å²) >= 11 is 1.56. The topological polar surface area (TPSA) is 51.7 Å². The number of carbonyl (C=O) groups is 1. The van der Waals surface area contributed by atoms with Gasteiger partial charge in [0.2, 0.25) is 5.91 Å². The molecule has 0 aliphatic heterocycles. The normalized spacial score (nSPS) is 11.0. The van der Waals surface area contributed by atoms with Crippen molar-refractivity contribution >= 4 is 17.2 Å². The van der Waals surface area contributed by atoms with Crippen LogP contribution in [-0.4, -0.2) is 36.1 Å². The van der Waals surface area contributed by atoms with E-state index in [0.717, 1.165) is 16.5 Å². The summed E-state index contributed by atoms with van der Waals surface area (Å²) in [4.78, 5) is 18.9. The van der Waals surface area contributed by atoms with Crippen molar-refractivity contribution in [2.24, 2.45) is 5.92 Å². The highest BCUT2D eigenvalue weighted by atomic mass is 32.1. The average molecular weight is 377 g/mol. The summed E-state index contributed by atoms with van der Waals surface area (Å²) in [6.45, 7) is 8.19. The number of thiazole rings is 1. The van der Waals surface area contributed by atoms with Crippen molar-refractivity contribution in [3.8, 4) is 5.75 Å². The zero-order valence-corrected chi connectivity index (χ0v) is 16.8. The molecule has 0 bridgehead atoms. The predicted octanol–water partition coefficient (Wildman–Crippen LogP) is 4.05. The highest BCUT2D eigenvalue weighted by Gasteiger charge is 2.16. The number of amides is 1. The number of methoxy groups -OCH3 is 1. The lowest BCUT2D eigenvalue weighted by atomic mass is 10.1. The summed E-state index contributed by atoms with van der Waals surface area (Å²) in [5.41, 5.74) is 2.06. The molecule has 0 aliphatic carbocycles. The van der Waals surface area contributed by atoms with Crippen LogP contribution < -0.4 is 4.74 Å². The molecule has 1 amide bonds. The summed E-state index contributed by atoms with van der Waals surface area (Å²) < 4.78 is 10.9. The van der Waals surface area contributed by atoms with Crippen molar-refractivity contribution in [2.75, 3.05) is 20.3 Å².